The van der Waals surface area contributed by atoms with Crippen LogP contribution in [0.5, 0.6) is 23.5 Å². The summed E-state index contributed by atoms with van der Waals surface area (Å²) in [7, 11) is 2.91. The number of aryl methyl sites for hydroxylation is 1. The van der Waals surface area contributed by atoms with Crippen molar-refractivity contribution in [3.05, 3.63) is 59.7 Å². The van der Waals surface area contributed by atoms with Gasteiger partial charge in [0.25, 0.3) is 0 Å². The Hall–Kier alpha value is -3.61. The van der Waals surface area contributed by atoms with Crippen LogP contribution in [0, 0.1) is 0 Å². The normalized spacial score (nSPS) is 10.4. The largest absolute Gasteiger partial charge is 0.481 e. The molecule has 0 aliphatic rings. The van der Waals surface area contributed by atoms with Gasteiger partial charge in [-0.15, -0.1) is 0 Å². The van der Waals surface area contributed by atoms with Gasteiger partial charge in [0.05, 0.1) is 20.3 Å². The molecule has 0 fully saturated rings. The molecule has 1 aromatic heterocycles. The van der Waals surface area contributed by atoms with Gasteiger partial charge in [-0.2, -0.15) is 9.97 Å². The van der Waals surface area contributed by atoms with E-state index >= 15 is 0 Å². The highest BCUT2D eigenvalue weighted by Crippen LogP contribution is 2.33. The molecule has 2 aromatic carbocycles. The molecule has 7 nitrogen and oxygen atoms in total. The van der Waals surface area contributed by atoms with E-state index in [0.717, 1.165) is 12.0 Å². The van der Waals surface area contributed by atoms with Crippen molar-refractivity contribution in [2.24, 2.45) is 0 Å². The number of benzene rings is 2. The Labute approximate surface area is 162 Å². The number of carbonyl (C=O) groups is 1. The predicted octanol–water partition coefficient (Wildman–Crippen LogP) is 4.21. The number of nitrogens with zero attached hydrogens (tertiary/aromatic N) is 2. The van der Waals surface area contributed by atoms with Gasteiger partial charge in [-0.1, -0.05) is 43.3 Å². The van der Waals surface area contributed by atoms with Crippen molar-refractivity contribution in [3.63, 3.8) is 0 Å². The molecule has 0 radical (unpaired) electrons. The molecule has 0 aliphatic carbocycles. The molecule has 7 heteroatoms. The lowest BCUT2D eigenvalue weighted by atomic mass is 9.97. The Bertz CT molecular complexity index is 964. The summed E-state index contributed by atoms with van der Waals surface area (Å²) >= 11 is 0. The van der Waals surface area contributed by atoms with E-state index in [9.17, 15) is 9.90 Å². The second kappa shape index (κ2) is 8.39. The molecule has 0 spiro atoms. The average Bonchev–Trinajstić information content (AvgIpc) is 2.73. The Kier molecular flexibility index (Phi) is 5.74. The van der Waals surface area contributed by atoms with Crippen LogP contribution in [-0.2, 0) is 6.42 Å². The van der Waals surface area contributed by atoms with E-state index in [1.807, 2.05) is 24.3 Å². The van der Waals surface area contributed by atoms with E-state index < -0.39 is 5.97 Å². The van der Waals surface area contributed by atoms with Crippen LogP contribution in [0.4, 0.5) is 0 Å². The third-order valence-corrected chi connectivity index (χ3v) is 4.19. The Balaban J connectivity index is 2.05. The SMILES string of the molecule is CCc1ccc(-c2cccc(Oc3nc(OC)cc(OC)n3)c2C(=O)O)cc1. The fourth-order valence-electron chi connectivity index (χ4n) is 2.73. The first-order chi connectivity index (χ1) is 13.5. The summed E-state index contributed by atoms with van der Waals surface area (Å²) in [6.45, 7) is 2.06. The summed E-state index contributed by atoms with van der Waals surface area (Å²) in [5.74, 6) is -0.505. The molecule has 0 unspecified atom stereocenters. The average molecular weight is 380 g/mol. The molecule has 28 heavy (non-hydrogen) atoms. The van der Waals surface area contributed by atoms with Crippen molar-refractivity contribution in [1.82, 2.24) is 9.97 Å². The van der Waals surface area contributed by atoms with Gasteiger partial charge in [0.1, 0.15) is 11.3 Å². The van der Waals surface area contributed by atoms with E-state index in [4.69, 9.17) is 14.2 Å². The molecule has 1 heterocycles. The minimum Gasteiger partial charge on any atom is -0.481 e. The van der Waals surface area contributed by atoms with Crippen molar-refractivity contribution in [3.8, 4) is 34.6 Å². The number of methoxy groups -OCH3 is 2. The number of rotatable bonds is 7. The van der Waals surface area contributed by atoms with Gasteiger partial charge in [-0.3, -0.25) is 0 Å². The first-order valence-electron chi connectivity index (χ1n) is 8.66. The standard InChI is InChI=1S/C21H20N2O5/c1-4-13-8-10-14(11-9-13)15-6-5-7-16(19(15)20(24)25)28-21-22-17(26-2)12-18(23-21)27-3/h5-12H,4H2,1-3H3,(H,24,25). The molecule has 0 bridgehead atoms. The van der Waals surface area contributed by atoms with Crippen molar-refractivity contribution in [2.45, 2.75) is 13.3 Å². The summed E-state index contributed by atoms with van der Waals surface area (Å²) in [5, 5.41) is 9.82. The van der Waals surface area contributed by atoms with Gasteiger partial charge in [0.15, 0.2) is 0 Å². The molecule has 1 N–H and O–H groups in total. The van der Waals surface area contributed by atoms with Crippen LogP contribution in [0.2, 0.25) is 0 Å². The van der Waals surface area contributed by atoms with Gasteiger partial charge in [0.2, 0.25) is 11.8 Å². The van der Waals surface area contributed by atoms with Crippen molar-refractivity contribution < 1.29 is 24.1 Å². The third-order valence-electron chi connectivity index (χ3n) is 4.19. The molecule has 0 saturated carbocycles. The van der Waals surface area contributed by atoms with Crippen LogP contribution in [0.3, 0.4) is 0 Å². The molecular weight excluding hydrogens is 360 g/mol. The van der Waals surface area contributed by atoms with Gasteiger partial charge >= 0.3 is 12.0 Å². The zero-order valence-electron chi connectivity index (χ0n) is 15.8. The second-order valence-corrected chi connectivity index (χ2v) is 5.87. The maximum atomic E-state index is 12.0. The van der Waals surface area contributed by atoms with E-state index in [2.05, 4.69) is 16.9 Å². The fraction of sp³-hybridized carbons (Fsp3) is 0.190. The quantitative estimate of drug-likeness (QED) is 0.656. The maximum Gasteiger partial charge on any atom is 0.340 e. The number of carboxylic acids is 1. The van der Waals surface area contributed by atoms with Crippen LogP contribution >= 0.6 is 0 Å². The zero-order chi connectivity index (χ0) is 20.1. The fourth-order valence-corrected chi connectivity index (χ4v) is 2.73. The highest BCUT2D eigenvalue weighted by atomic mass is 16.5. The summed E-state index contributed by atoms with van der Waals surface area (Å²) in [4.78, 5) is 20.2. The van der Waals surface area contributed by atoms with Gasteiger partial charge in [0, 0.05) is 0 Å². The first-order valence-corrected chi connectivity index (χ1v) is 8.66. The molecule has 0 amide bonds. The van der Waals surface area contributed by atoms with Crippen LogP contribution in [0.1, 0.15) is 22.8 Å². The lowest BCUT2D eigenvalue weighted by molar-refractivity contribution is 0.0695. The molecule has 3 aromatic rings. The highest BCUT2D eigenvalue weighted by molar-refractivity contribution is 5.99. The minimum absolute atomic E-state index is 0.0251. The number of ether oxygens (including phenoxy) is 3. The van der Waals surface area contributed by atoms with Crippen LogP contribution in [0.25, 0.3) is 11.1 Å². The van der Waals surface area contributed by atoms with Gasteiger partial charge < -0.3 is 19.3 Å². The lowest BCUT2D eigenvalue weighted by Gasteiger charge is -2.13. The van der Waals surface area contributed by atoms with Crippen molar-refractivity contribution >= 4 is 5.97 Å². The van der Waals surface area contributed by atoms with E-state index in [-0.39, 0.29) is 29.1 Å². The summed E-state index contributed by atoms with van der Waals surface area (Å²) in [6, 6.07) is 14.2. The molecular formula is C21H20N2O5. The van der Waals surface area contributed by atoms with E-state index in [1.165, 1.54) is 25.8 Å². The smallest absolute Gasteiger partial charge is 0.340 e. The number of hydrogen-bond acceptors (Lipinski definition) is 6. The molecule has 0 saturated heterocycles. The van der Waals surface area contributed by atoms with Gasteiger partial charge in [-0.25, -0.2) is 4.79 Å². The molecule has 3 rings (SSSR count). The Morgan fingerprint density at radius 2 is 1.64 bits per heavy atom. The summed E-state index contributed by atoms with van der Waals surface area (Å²) in [5.41, 5.74) is 2.52. The van der Waals surface area contributed by atoms with Crippen molar-refractivity contribution in [2.75, 3.05) is 14.2 Å². The minimum atomic E-state index is -1.11. The summed E-state index contributed by atoms with van der Waals surface area (Å²) in [6.07, 6.45) is 0.907. The number of hydrogen-bond donors (Lipinski definition) is 1. The van der Waals surface area contributed by atoms with E-state index in [1.54, 1.807) is 18.2 Å². The zero-order valence-corrected chi connectivity index (χ0v) is 15.8. The predicted molar refractivity (Wildman–Crippen MR) is 103 cm³/mol. The first kappa shape index (κ1) is 19.2. The Morgan fingerprint density at radius 1 is 1.00 bits per heavy atom. The molecule has 0 aliphatic heterocycles. The number of aromatic nitrogens is 2. The van der Waals surface area contributed by atoms with Gasteiger partial charge in [-0.05, 0) is 29.2 Å². The molecule has 0 atom stereocenters. The third kappa shape index (κ3) is 4.03. The molecule has 144 valence electrons. The Morgan fingerprint density at radius 3 is 2.18 bits per heavy atom. The van der Waals surface area contributed by atoms with E-state index in [0.29, 0.717) is 5.56 Å². The lowest BCUT2D eigenvalue weighted by Crippen LogP contribution is -2.05. The highest BCUT2D eigenvalue weighted by Gasteiger charge is 2.20. The van der Waals surface area contributed by atoms with Crippen LogP contribution in [0.15, 0.2) is 48.5 Å². The second-order valence-electron chi connectivity index (χ2n) is 5.87. The maximum absolute atomic E-state index is 12.0. The number of aromatic carboxylic acids is 1. The van der Waals surface area contributed by atoms with Crippen LogP contribution in [-0.4, -0.2) is 35.3 Å². The number of carboxylic acid groups (broad SMARTS) is 1. The summed E-state index contributed by atoms with van der Waals surface area (Å²) < 4.78 is 15.9. The van der Waals surface area contributed by atoms with Crippen molar-refractivity contribution in [1.29, 1.82) is 0 Å². The topological polar surface area (TPSA) is 90.8 Å². The monoisotopic (exact) mass is 380 g/mol. The van der Waals surface area contributed by atoms with Crippen LogP contribution < -0.4 is 14.2 Å².